The molecule has 3 aromatic heterocycles. The van der Waals surface area contributed by atoms with E-state index < -0.39 is 0 Å². The third kappa shape index (κ3) is 3.18. The Kier molecular flexibility index (Phi) is 4.14. The van der Waals surface area contributed by atoms with Gasteiger partial charge in [0.15, 0.2) is 5.65 Å². The molecule has 1 N–H and O–H groups in total. The molecule has 0 spiro atoms. The van der Waals surface area contributed by atoms with Gasteiger partial charge >= 0.3 is 0 Å². The minimum absolute atomic E-state index is 0.0317. The van der Waals surface area contributed by atoms with Crippen LogP contribution in [0.25, 0.3) is 16.6 Å². The van der Waals surface area contributed by atoms with Gasteiger partial charge in [-0.3, -0.25) is 9.48 Å². The molecule has 1 aromatic carbocycles. The number of carbonyl (C=O) groups is 1. The van der Waals surface area contributed by atoms with E-state index in [0.717, 1.165) is 29.3 Å². The van der Waals surface area contributed by atoms with Gasteiger partial charge in [-0.25, -0.2) is 9.50 Å². The zero-order valence-electron chi connectivity index (χ0n) is 19.1. The zero-order valence-corrected chi connectivity index (χ0v) is 19.1. The average molecular weight is 447 g/mol. The molecule has 2 saturated heterocycles. The minimum Gasteiger partial charge on any atom is -0.490 e. The normalized spacial score (nSPS) is 23.9. The van der Waals surface area contributed by atoms with Crippen LogP contribution in [0.2, 0.25) is 0 Å². The first-order chi connectivity index (χ1) is 15.7. The van der Waals surface area contributed by atoms with Crippen LogP contribution in [0.15, 0.2) is 36.9 Å². The lowest BCUT2D eigenvalue weighted by atomic mass is 9.69. The summed E-state index contributed by atoms with van der Waals surface area (Å²) in [4.78, 5) is 17.7. The van der Waals surface area contributed by atoms with Gasteiger partial charge in [0.25, 0.3) is 5.91 Å². The molecule has 170 valence electrons. The van der Waals surface area contributed by atoms with Gasteiger partial charge in [0.2, 0.25) is 0 Å². The number of amides is 1. The molecule has 9 nitrogen and oxygen atoms in total. The maximum atomic E-state index is 13.3. The Morgan fingerprint density at radius 2 is 2.06 bits per heavy atom. The summed E-state index contributed by atoms with van der Waals surface area (Å²) in [6, 6.07) is 3.70. The van der Waals surface area contributed by atoms with Gasteiger partial charge in [-0.05, 0) is 39.3 Å². The number of hydrogen-bond acceptors (Lipinski definition) is 6. The summed E-state index contributed by atoms with van der Waals surface area (Å²) in [5, 5.41) is 13.0. The Bertz CT molecular complexity index is 1410. The van der Waals surface area contributed by atoms with Crippen molar-refractivity contribution in [2.24, 2.45) is 0 Å². The standard InChI is InChI=1S/C24H26N6O3/c1-14(2)33-20-6-18-16(10-30(28-18)24-11-23(4,12-24)32-13-24)5-17(20)22(31)27-19-8-26-29-9-15(3)7-25-21(19)29/h5-10,14H,11-13H2,1-4H3,(H,27,31). The van der Waals surface area contributed by atoms with Crippen LogP contribution in [0.1, 0.15) is 49.5 Å². The quantitative estimate of drug-likeness (QED) is 0.502. The lowest BCUT2D eigenvalue weighted by Gasteiger charge is -2.42. The first-order valence-corrected chi connectivity index (χ1v) is 11.2. The lowest BCUT2D eigenvalue weighted by Crippen LogP contribution is -2.49. The van der Waals surface area contributed by atoms with E-state index >= 15 is 0 Å². The molecule has 1 amide bonds. The van der Waals surface area contributed by atoms with Crippen LogP contribution in [-0.4, -0.2) is 48.6 Å². The highest BCUT2D eigenvalue weighted by molar-refractivity contribution is 6.09. The largest absolute Gasteiger partial charge is 0.490 e. The molecule has 3 aliphatic rings. The fourth-order valence-corrected chi connectivity index (χ4v) is 5.15. The number of ether oxygens (including phenoxy) is 2. The first kappa shape index (κ1) is 20.2. The minimum atomic E-state index is -0.281. The molecule has 1 aliphatic carbocycles. The molecular weight excluding hydrogens is 420 g/mol. The van der Waals surface area contributed by atoms with E-state index in [1.54, 1.807) is 16.9 Å². The van der Waals surface area contributed by atoms with E-state index in [1.165, 1.54) is 0 Å². The van der Waals surface area contributed by atoms with Crippen LogP contribution in [0.5, 0.6) is 5.75 Å². The number of aromatic nitrogens is 5. The highest BCUT2D eigenvalue weighted by Crippen LogP contribution is 2.55. The molecule has 0 unspecified atom stereocenters. The SMILES string of the molecule is Cc1cnc2c(NC(=O)c3cc4cn(C56COC(C)(C5)C6)nc4cc3OC(C)C)cnn2c1. The van der Waals surface area contributed by atoms with Crippen molar-refractivity contribution in [3.05, 3.63) is 48.0 Å². The summed E-state index contributed by atoms with van der Waals surface area (Å²) >= 11 is 0. The maximum absolute atomic E-state index is 13.3. The third-order valence-corrected chi connectivity index (χ3v) is 6.53. The monoisotopic (exact) mass is 446 g/mol. The number of nitrogens with one attached hydrogen (secondary N) is 1. The topological polar surface area (TPSA) is 95.6 Å². The highest BCUT2D eigenvalue weighted by Gasteiger charge is 2.61. The second-order valence-corrected chi connectivity index (χ2v) is 9.88. The summed E-state index contributed by atoms with van der Waals surface area (Å²) in [7, 11) is 0. The fourth-order valence-electron chi connectivity index (χ4n) is 5.15. The van der Waals surface area contributed by atoms with Crippen molar-refractivity contribution in [2.75, 3.05) is 11.9 Å². The van der Waals surface area contributed by atoms with E-state index in [4.69, 9.17) is 14.6 Å². The molecule has 1 saturated carbocycles. The van der Waals surface area contributed by atoms with Gasteiger partial charge in [0.05, 0.1) is 41.1 Å². The van der Waals surface area contributed by atoms with Gasteiger partial charge < -0.3 is 14.8 Å². The van der Waals surface area contributed by atoms with Crippen LogP contribution in [0.4, 0.5) is 5.69 Å². The Labute approximate surface area is 190 Å². The van der Waals surface area contributed by atoms with Crippen LogP contribution >= 0.6 is 0 Å². The highest BCUT2D eigenvalue weighted by atomic mass is 16.5. The van der Waals surface area contributed by atoms with Gasteiger partial charge in [-0.15, -0.1) is 0 Å². The first-order valence-electron chi connectivity index (χ1n) is 11.2. The van der Waals surface area contributed by atoms with E-state index in [-0.39, 0.29) is 23.2 Å². The lowest BCUT2D eigenvalue weighted by molar-refractivity contribution is 0.00383. The van der Waals surface area contributed by atoms with E-state index in [1.807, 2.05) is 50.0 Å². The molecule has 5 heterocycles. The van der Waals surface area contributed by atoms with Crippen molar-refractivity contribution in [2.45, 2.75) is 57.8 Å². The van der Waals surface area contributed by atoms with Crippen LogP contribution in [-0.2, 0) is 10.3 Å². The summed E-state index contributed by atoms with van der Waals surface area (Å²) in [6.45, 7) is 8.63. The Morgan fingerprint density at radius 1 is 1.24 bits per heavy atom. The van der Waals surface area contributed by atoms with Crippen LogP contribution in [0, 0.1) is 6.92 Å². The van der Waals surface area contributed by atoms with Crippen molar-refractivity contribution in [1.82, 2.24) is 24.4 Å². The molecule has 0 atom stereocenters. The van der Waals surface area contributed by atoms with Crippen LogP contribution in [0.3, 0.4) is 0 Å². The number of nitrogens with zero attached hydrogens (tertiary/aromatic N) is 5. The average Bonchev–Trinajstić information content (AvgIpc) is 3.48. The molecular formula is C24H26N6O3. The smallest absolute Gasteiger partial charge is 0.259 e. The molecule has 7 rings (SSSR count). The summed E-state index contributed by atoms with van der Waals surface area (Å²) < 4.78 is 15.6. The molecule has 4 aromatic rings. The van der Waals surface area contributed by atoms with Gasteiger partial charge in [0.1, 0.15) is 11.4 Å². The van der Waals surface area contributed by atoms with E-state index in [2.05, 4.69) is 22.3 Å². The van der Waals surface area contributed by atoms with Crippen molar-refractivity contribution < 1.29 is 14.3 Å². The summed E-state index contributed by atoms with van der Waals surface area (Å²) in [6.07, 6.45) is 9.05. The number of fused-ring (bicyclic) bond motifs is 3. The van der Waals surface area contributed by atoms with Gasteiger partial charge in [-0.1, -0.05) is 0 Å². The molecule has 33 heavy (non-hydrogen) atoms. The molecule has 2 bridgehead atoms. The van der Waals surface area contributed by atoms with Crippen molar-refractivity contribution in [3.63, 3.8) is 0 Å². The maximum Gasteiger partial charge on any atom is 0.259 e. The summed E-state index contributed by atoms with van der Waals surface area (Å²) in [5.74, 6) is 0.218. The molecule has 2 aliphatic heterocycles. The predicted octanol–water partition coefficient (Wildman–Crippen LogP) is 3.70. The Hall–Kier alpha value is -3.46. The number of aryl methyl sites for hydroxylation is 1. The van der Waals surface area contributed by atoms with E-state index in [9.17, 15) is 4.79 Å². The van der Waals surface area contributed by atoms with Gasteiger partial charge in [0, 0.05) is 42.9 Å². The van der Waals surface area contributed by atoms with Crippen molar-refractivity contribution in [3.8, 4) is 5.75 Å². The Balaban J connectivity index is 1.37. The second-order valence-electron chi connectivity index (χ2n) is 9.88. The van der Waals surface area contributed by atoms with Gasteiger partial charge in [-0.2, -0.15) is 10.2 Å². The number of benzene rings is 1. The molecule has 9 heteroatoms. The number of hydrogen-bond donors (Lipinski definition) is 1. The molecule has 3 fully saturated rings. The third-order valence-electron chi connectivity index (χ3n) is 6.53. The fraction of sp³-hybridized carbons (Fsp3) is 0.417. The number of carbonyl (C=O) groups excluding carboxylic acids is 1. The predicted molar refractivity (Wildman–Crippen MR) is 123 cm³/mol. The van der Waals surface area contributed by atoms with E-state index in [0.29, 0.717) is 29.3 Å². The van der Waals surface area contributed by atoms with Crippen molar-refractivity contribution in [1.29, 1.82) is 0 Å². The molecule has 0 radical (unpaired) electrons. The second kappa shape index (κ2) is 6.77. The number of anilines is 1. The summed E-state index contributed by atoms with van der Waals surface area (Å²) in [5.41, 5.74) is 3.24. The zero-order chi connectivity index (χ0) is 23.0. The number of rotatable bonds is 5. The van der Waals surface area contributed by atoms with Crippen LogP contribution < -0.4 is 10.1 Å². The van der Waals surface area contributed by atoms with Crippen molar-refractivity contribution >= 4 is 28.1 Å². The Morgan fingerprint density at radius 3 is 2.79 bits per heavy atom.